The number of rotatable bonds is 5. The van der Waals surface area contributed by atoms with E-state index in [1.807, 2.05) is 19.1 Å². The Labute approximate surface area is 123 Å². The zero-order valence-electron chi connectivity index (χ0n) is 12.3. The minimum Gasteiger partial charge on any atom is -0.495 e. The van der Waals surface area contributed by atoms with E-state index in [9.17, 15) is 4.79 Å². The van der Waals surface area contributed by atoms with Crippen LogP contribution in [-0.4, -0.2) is 25.0 Å². The van der Waals surface area contributed by atoms with Crippen LogP contribution in [0.4, 0.5) is 0 Å². The smallest absolute Gasteiger partial charge is 0.251 e. The lowest BCUT2D eigenvalue weighted by atomic mass is 10.2. The second kappa shape index (κ2) is 6.74. The van der Waals surface area contributed by atoms with Gasteiger partial charge in [-0.2, -0.15) is 0 Å². The highest BCUT2D eigenvalue weighted by molar-refractivity contribution is 5.94. The highest BCUT2D eigenvalue weighted by Gasteiger charge is 2.07. The first-order valence-corrected chi connectivity index (χ1v) is 6.59. The van der Waals surface area contributed by atoms with Crippen LogP contribution in [0.25, 0.3) is 0 Å². The Morgan fingerprint density at radius 1 is 1.19 bits per heavy atom. The van der Waals surface area contributed by atoms with Crippen molar-refractivity contribution in [2.75, 3.05) is 14.2 Å². The largest absolute Gasteiger partial charge is 0.495 e. The predicted octanol–water partition coefficient (Wildman–Crippen LogP) is 2.34. The van der Waals surface area contributed by atoms with Crippen molar-refractivity contribution in [3.8, 4) is 11.5 Å². The van der Waals surface area contributed by atoms with Gasteiger partial charge in [0.1, 0.15) is 23.8 Å². The predicted molar refractivity (Wildman–Crippen MR) is 79.7 cm³/mol. The monoisotopic (exact) mass is 286 g/mol. The molecule has 2 rings (SSSR count). The fraction of sp³-hybridized carbons (Fsp3) is 0.250. The Bertz CT molecular complexity index is 624. The first kappa shape index (κ1) is 14.8. The number of carbonyl (C=O) groups is 1. The fourth-order valence-corrected chi connectivity index (χ4v) is 1.89. The highest BCUT2D eigenvalue weighted by atomic mass is 16.5. The lowest BCUT2D eigenvalue weighted by Gasteiger charge is -2.10. The molecular weight excluding hydrogens is 268 g/mol. The van der Waals surface area contributed by atoms with E-state index in [1.165, 1.54) is 0 Å². The minimum atomic E-state index is -0.122. The Kier molecular flexibility index (Phi) is 4.77. The maximum atomic E-state index is 11.4. The van der Waals surface area contributed by atoms with Gasteiger partial charge in [-0.15, -0.1) is 0 Å². The quantitative estimate of drug-likeness (QED) is 0.916. The zero-order valence-corrected chi connectivity index (χ0v) is 12.3. The average molecular weight is 286 g/mol. The third-order valence-electron chi connectivity index (χ3n) is 3.01. The van der Waals surface area contributed by atoms with E-state index in [0.717, 1.165) is 11.4 Å². The van der Waals surface area contributed by atoms with Crippen molar-refractivity contribution in [1.82, 2.24) is 10.3 Å². The van der Waals surface area contributed by atoms with Gasteiger partial charge in [-0.25, -0.2) is 0 Å². The summed E-state index contributed by atoms with van der Waals surface area (Å²) >= 11 is 0. The van der Waals surface area contributed by atoms with Gasteiger partial charge in [0, 0.05) is 18.3 Å². The van der Waals surface area contributed by atoms with Gasteiger partial charge in [-0.3, -0.25) is 9.78 Å². The van der Waals surface area contributed by atoms with Crippen molar-refractivity contribution in [2.24, 2.45) is 0 Å². The SMILES string of the molecule is CNC(=O)c1ccc(OCc2nc(C)ccc2OC)cc1. The molecule has 1 heterocycles. The molecule has 0 aliphatic carbocycles. The van der Waals surface area contributed by atoms with E-state index >= 15 is 0 Å². The Hall–Kier alpha value is -2.56. The molecule has 21 heavy (non-hydrogen) atoms. The van der Waals surface area contributed by atoms with Crippen molar-refractivity contribution >= 4 is 5.91 Å². The number of hydrogen-bond acceptors (Lipinski definition) is 4. The van der Waals surface area contributed by atoms with Crippen molar-refractivity contribution in [1.29, 1.82) is 0 Å². The maximum absolute atomic E-state index is 11.4. The molecule has 0 bridgehead atoms. The molecule has 0 saturated heterocycles. The summed E-state index contributed by atoms with van der Waals surface area (Å²) in [6, 6.07) is 10.7. The van der Waals surface area contributed by atoms with Crippen molar-refractivity contribution in [2.45, 2.75) is 13.5 Å². The molecule has 0 unspecified atom stereocenters. The van der Waals surface area contributed by atoms with Crippen LogP contribution in [0.2, 0.25) is 0 Å². The molecule has 2 aromatic rings. The number of aryl methyl sites for hydroxylation is 1. The number of hydrogen-bond donors (Lipinski definition) is 1. The summed E-state index contributed by atoms with van der Waals surface area (Å²) in [5.41, 5.74) is 2.24. The zero-order chi connectivity index (χ0) is 15.2. The lowest BCUT2D eigenvalue weighted by Crippen LogP contribution is -2.17. The molecular formula is C16H18N2O3. The van der Waals surface area contributed by atoms with E-state index in [4.69, 9.17) is 9.47 Å². The molecule has 1 amide bonds. The van der Waals surface area contributed by atoms with Crippen LogP contribution in [0.3, 0.4) is 0 Å². The number of amides is 1. The summed E-state index contributed by atoms with van der Waals surface area (Å²) in [6.07, 6.45) is 0. The second-order valence-electron chi connectivity index (χ2n) is 4.49. The Morgan fingerprint density at radius 3 is 2.52 bits per heavy atom. The fourth-order valence-electron chi connectivity index (χ4n) is 1.89. The third-order valence-corrected chi connectivity index (χ3v) is 3.01. The Morgan fingerprint density at radius 2 is 1.90 bits per heavy atom. The number of methoxy groups -OCH3 is 1. The van der Waals surface area contributed by atoms with Gasteiger partial charge >= 0.3 is 0 Å². The molecule has 5 nitrogen and oxygen atoms in total. The Balaban J connectivity index is 2.06. The standard InChI is InChI=1S/C16H18N2O3/c1-11-4-9-15(20-3)14(18-11)10-21-13-7-5-12(6-8-13)16(19)17-2/h4-9H,10H2,1-3H3,(H,17,19). The van der Waals surface area contributed by atoms with Crippen LogP contribution < -0.4 is 14.8 Å². The summed E-state index contributed by atoms with van der Waals surface area (Å²) in [5.74, 6) is 1.25. The third kappa shape index (κ3) is 3.72. The van der Waals surface area contributed by atoms with Crippen molar-refractivity contribution in [3.63, 3.8) is 0 Å². The number of benzene rings is 1. The van der Waals surface area contributed by atoms with Gasteiger partial charge < -0.3 is 14.8 Å². The number of aromatic nitrogens is 1. The summed E-state index contributed by atoms with van der Waals surface area (Å²) in [4.78, 5) is 15.9. The van der Waals surface area contributed by atoms with Crippen LogP contribution in [-0.2, 0) is 6.61 Å². The maximum Gasteiger partial charge on any atom is 0.251 e. The number of ether oxygens (including phenoxy) is 2. The molecule has 0 fully saturated rings. The average Bonchev–Trinajstić information content (AvgIpc) is 2.52. The molecule has 1 N–H and O–H groups in total. The van der Waals surface area contributed by atoms with Gasteiger partial charge in [0.2, 0.25) is 0 Å². The molecule has 1 aromatic carbocycles. The van der Waals surface area contributed by atoms with E-state index in [0.29, 0.717) is 23.7 Å². The molecule has 0 saturated carbocycles. The van der Waals surface area contributed by atoms with Gasteiger partial charge in [0.15, 0.2) is 0 Å². The summed E-state index contributed by atoms with van der Waals surface area (Å²) in [5, 5.41) is 2.57. The van der Waals surface area contributed by atoms with E-state index in [1.54, 1.807) is 38.4 Å². The van der Waals surface area contributed by atoms with Crippen LogP contribution in [0.15, 0.2) is 36.4 Å². The van der Waals surface area contributed by atoms with Gasteiger partial charge in [-0.1, -0.05) is 0 Å². The first-order valence-electron chi connectivity index (χ1n) is 6.59. The van der Waals surface area contributed by atoms with Crippen molar-refractivity contribution < 1.29 is 14.3 Å². The van der Waals surface area contributed by atoms with E-state index < -0.39 is 0 Å². The lowest BCUT2D eigenvalue weighted by molar-refractivity contribution is 0.0963. The van der Waals surface area contributed by atoms with Gasteiger partial charge in [-0.05, 0) is 43.3 Å². The number of nitrogens with zero attached hydrogens (tertiary/aromatic N) is 1. The van der Waals surface area contributed by atoms with Crippen LogP contribution in [0.5, 0.6) is 11.5 Å². The molecule has 0 aliphatic rings. The van der Waals surface area contributed by atoms with Gasteiger partial charge in [0.25, 0.3) is 5.91 Å². The topological polar surface area (TPSA) is 60.5 Å². The second-order valence-corrected chi connectivity index (χ2v) is 4.49. The number of nitrogens with one attached hydrogen (secondary N) is 1. The molecule has 0 radical (unpaired) electrons. The first-order chi connectivity index (χ1) is 10.1. The number of carbonyl (C=O) groups excluding carboxylic acids is 1. The molecule has 1 aromatic heterocycles. The molecule has 0 atom stereocenters. The van der Waals surface area contributed by atoms with Crippen LogP contribution in [0.1, 0.15) is 21.7 Å². The molecule has 110 valence electrons. The van der Waals surface area contributed by atoms with Crippen molar-refractivity contribution in [3.05, 3.63) is 53.3 Å². The van der Waals surface area contributed by atoms with E-state index in [-0.39, 0.29) is 5.91 Å². The molecule has 0 aliphatic heterocycles. The molecule has 0 spiro atoms. The van der Waals surface area contributed by atoms with Gasteiger partial charge in [0.05, 0.1) is 7.11 Å². The normalized spacial score (nSPS) is 10.0. The molecule has 5 heteroatoms. The van der Waals surface area contributed by atoms with Crippen LogP contribution in [0, 0.1) is 6.92 Å². The summed E-state index contributed by atoms with van der Waals surface area (Å²) < 4.78 is 10.9. The summed E-state index contributed by atoms with van der Waals surface area (Å²) in [7, 11) is 3.20. The highest BCUT2D eigenvalue weighted by Crippen LogP contribution is 2.19. The number of pyridine rings is 1. The van der Waals surface area contributed by atoms with E-state index in [2.05, 4.69) is 10.3 Å². The van der Waals surface area contributed by atoms with Crippen LogP contribution >= 0.6 is 0 Å². The minimum absolute atomic E-state index is 0.122. The summed E-state index contributed by atoms with van der Waals surface area (Å²) in [6.45, 7) is 2.23.